The van der Waals surface area contributed by atoms with E-state index in [9.17, 15) is 0 Å². The van der Waals surface area contributed by atoms with Gasteiger partial charge >= 0.3 is 0 Å². The molecule has 0 atom stereocenters. The summed E-state index contributed by atoms with van der Waals surface area (Å²) in [6.45, 7) is 4.34. The maximum atomic E-state index is 4.31. The van der Waals surface area contributed by atoms with Gasteiger partial charge in [-0.25, -0.2) is 4.98 Å². The summed E-state index contributed by atoms with van der Waals surface area (Å²) in [4.78, 5) is 4.31. The van der Waals surface area contributed by atoms with Crippen molar-refractivity contribution >= 4 is 0 Å². The number of rotatable bonds is 5. The summed E-state index contributed by atoms with van der Waals surface area (Å²) in [7, 11) is 1.97. The fraction of sp³-hybridized carbons (Fsp3) is 0.818. The van der Waals surface area contributed by atoms with Crippen molar-refractivity contribution < 1.29 is 0 Å². The first-order valence-corrected chi connectivity index (χ1v) is 5.79. The first-order valence-electron chi connectivity index (χ1n) is 5.79. The smallest absolute Gasteiger partial charge is 0.138 e. The van der Waals surface area contributed by atoms with Gasteiger partial charge in [0.25, 0.3) is 0 Å². The summed E-state index contributed by atoms with van der Waals surface area (Å²) >= 11 is 0. The van der Waals surface area contributed by atoms with Gasteiger partial charge in [-0.15, -0.1) is 0 Å². The number of aromatic nitrogens is 3. The SMILES string of the molecule is CCNCC1(Cc2ncnn2C)CCC1. The lowest BCUT2D eigenvalue weighted by Gasteiger charge is -2.41. The lowest BCUT2D eigenvalue weighted by atomic mass is 9.66. The third-order valence-electron chi connectivity index (χ3n) is 3.50. The van der Waals surface area contributed by atoms with Crippen molar-refractivity contribution in [3.05, 3.63) is 12.2 Å². The second-order valence-corrected chi connectivity index (χ2v) is 4.61. The maximum absolute atomic E-state index is 4.31. The summed E-state index contributed by atoms with van der Waals surface area (Å²) in [5.41, 5.74) is 0.455. The second-order valence-electron chi connectivity index (χ2n) is 4.61. The molecule has 0 radical (unpaired) electrons. The van der Waals surface area contributed by atoms with E-state index in [4.69, 9.17) is 0 Å². The number of nitrogens with zero attached hydrogens (tertiary/aromatic N) is 3. The molecule has 4 heteroatoms. The molecule has 0 aliphatic heterocycles. The molecule has 0 unspecified atom stereocenters. The highest BCUT2D eigenvalue weighted by atomic mass is 15.3. The van der Waals surface area contributed by atoms with Crippen LogP contribution in [0.25, 0.3) is 0 Å². The molecule has 0 aromatic carbocycles. The summed E-state index contributed by atoms with van der Waals surface area (Å²) < 4.78 is 1.89. The zero-order valence-electron chi connectivity index (χ0n) is 9.66. The minimum absolute atomic E-state index is 0.455. The van der Waals surface area contributed by atoms with Crippen LogP contribution in [0.1, 0.15) is 32.0 Å². The van der Waals surface area contributed by atoms with Crippen molar-refractivity contribution in [1.82, 2.24) is 20.1 Å². The second kappa shape index (κ2) is 4.31. The Morgan fingerprint density at radius 3 is 2.80 bits per heavy atom. The van der Waals surface area contributed by atoms with E-state index in [0.29, 0.717) is 5.41 Å². The Hall–Kier alpha value is -0.900. The molecule has 0 amide bonds. The Labute approximate surface area is 91.1 Å². The lowest BCUT2D eigenvalue weighted by molar-refractivity contribution is 0.126. The highest BCUT2D eigenvalue weighted by molar-refractivity contribution is 4.99. The summed E-state index contributed by atoms with van der Waals surface area (Å²) in [6, 6.07) is 0. The van der Waals surface area contributed by atoms with E-state index in [1.54, 1.807) is 6.33 Å². The van der Waals surface area contributed by atoms with Crippen LogP contribution in [-0.2, 0) is 13.5 Å². The monoisotopic (exact) mass is 208 g/mol. The van der Waals surface area contributed by atoms with Gasteiger partial charge in [0.05, 0.1) is 0 Å². The Balaban J connectivity index is 1.99. The maximum Gasteiger partial charge on any atom is 0.138 e. The van der Waals surface area contributed by atoms with Crippen molar-refractivity contribution in [3.8, 4) is 0 Å². The molecule has 0 bridgehead atoms. The molecule has 0 saturated heterocycles. The fourth-order valence-corrected chi connectivity index (χ4v) is 2.30. The molecule has 15 heavy (non-hydrogen) atoms. The van der Waals surface area contributed by atoms with Crippen molar-refractivity contribution in [3.63, 3.8) is 0 Å². The van der Waals surface area contributed by atoms with E-state index in [1.807, 2.05) is 11.7 Å². The van der Waals surface area contributed by atoms with Crippen LogP contribution in [0.3, 0.4) is 0 Å². The molecule has 2 rings (SSSR count). The summed E-state index contributed by atoms with van der Waals surface area (Å²) in [6.07, 6.45) is 6.73. The number of nitrogens with one attached hydrogen (secondary N) is 1. The Morgan fingerprint density at radius 1 is 1.53 bits per heavy atom. The average Bonchev–Trinajstić information content (AvgIpc) is 2.56. The van der Waals surface area contributed by atoms with Crippen LogP contribution < -0.4 is 5.32 Å². The van der Waals surface area contributed by atoms with Gasteiger partial charge in [-0.2, -0.15) is 5.10 Å². The van der Waals surface area contributed by atoms with Gasteiger partial charge in [-0.05, 0) is 24.8 Å². The molecular formula is C11H20N4. The molecule has 1 aliphatic rings. The summed E-state index contributed by atoms with van der Waals surface area (Å²) in [5.74, 6) is 1.12. The van der Waals surface area contributed by atoms with Gasteiger partial charge < -0.3 is 5.32 Å². The lowest BCUT2D eigenvalue weighted by Crippen LogP contribution is -2.42. The molecule has 1 heterocycles. The number of hydrogen-bond donors (Lipinski definition) is 1. The molecule has 0 spiro atoms. The predicted octanol–water partition coefficient (Wildman–Crippen LogP) is 1.14. The predicted molar refractivity (Wildman–Crippen MR) is 59.5 cm³/mol. The van der Waals surface area contributed by atoms with Crippen LogP contribution in [0.15, 0.2) is 6.33 Å². The van der Waals surface area contributed by atoms with Crippen LogP contribution >= 0.6 is 0 Å². The summed E-state index contributed by atoms with van der Waals surface area (Å²) in [5, 5.41) is 7.59. The zero-order chi connectivity index (χ0) is 10.7. The van der Waals surface area contributed by atoms with E-state index in [0.717, 1.165) is 25.3 Å². The Morgan fingerprint density at radius 2 is 2.33 bits per heavy atom. The molecule has 4 nitrogen and oxygen atoms in total. The van der Waals surface area contributed by atoms with E-state index >= 15 is 0 Å². The number of aryl methyl sites for hydroxylation is 1. The average molecular weight is 208 g/mol. The Kier molecular flexibility index (Phi) is 3.05. The van der Waals surface area contributed by atoms with Gasteiger partial charge in [0, 0.05) is 20.0 Å². The van der Waals surface area contributed by atoms with Crippen LogP contribution in [-0.4, -0.2) is 27.9 Å². The van der Waals surface area contributed by atoms with Crippen molar-refractivity contribution in [2.45, 2.75) is 32.6 Å². The minimum atomic E-state index is 0.455. The molecule has 1 saturated carbocycles. The van der Waals surface area contributed by atoms with Crippen LogP contribution in [0.4, 0.5) is 0 Å². The van der Waals surface area contributed by atoms with Crippen molar-refractivity contribution in [1.29, 1.82) is 0 Å². The van der Waals surface area contributed by atoms with Crippen LogP contribution in [0, 0.1) is 5.41 Å². The first kappa shape index (κ1) is 10.6. The van der Waals surface area contributed by atoms with Crippen molar-refractivity contribution in [2.24, 2.45) is 12.5 Å². The van der Waals surface area contributed by atoms with E-state index < -0.39 is 0 Å². The molecule has 84 valence electrons. The normalized spacial score (nSPS) is 18.8. The number of hydrogen-bond acceptors (Lipinski definition) is 3. The Bertz CT molecular complexity index is 314. The largest absolute Gasteiger partial charge is 0.316 e. The van der Waals surface area contributed by atoms with Gasteiger partial charge in [0.1, 0.15) is 12.2 Å². The van der Waals surface area contributed by atoms with E-state index in [-0.39, 0.29) is 0 Å². The molecule has 1 aromatic heterocycles. The fourth-order valence-electron chi connectivity index (χ4n) is 2.30. The van der Waals surface area contributed by atoms with Gasteiger partial charge in [-0.3, -0.25) is 4.68 Å². The van der Waals surface area contributed by atoms with Gasteiger partial charge in [-0.1, -0.05) is 13.3 Å². The third kappa shape index (κ3) is 2.20. The van der Waals surface area contributed by atoms with Crippen molar-refractivity contribution in [2.75, 3.05) is 13.1 Å². The zero-order valence-corrected chi connectivity index (χ0v) is 9.66. The highest BCUT2D eigenvalue weighted by Gasteiger charge is 2.37. The van der Waals surface area contributed by atoms with Crippen LogP contribution in [0.5, 0.6) is 0 Å². The van der Waals surface area contributed by atoms with E-state index in [1.165, 1.54) is 19.3 Å². The topological polar surface area (TPSA) is 42.7 Å². The molecule has 1 N–H and O–H groups in total. The van der Waals surface area contributed by atoms with Crippen LogP contribution in [0.2, 0.25) is 0 Å². The standard InChI is InChI=1S/C11H20N4/c1-3-12-8-11(5-4-6-11)7-10-13-9-14-15(10)2/h9,12H,3-8H2,1-2H3. The minimum Gasteiger partial charge on any atom is -0.316 e. The third-order valence-corrected chi connectivity index (χ3v) is 3.50. The van der Waals surface area contributed by atoms with E-state index in [2.05, 4.69) is 22.3 Å². The quantitative estimate of drug-likeness (QED) is 0.789. The highest BCUT2D eigenvalue weighted by Crippen LogP contribution is 2.42. The molecule has 1 aliphatic carbocycles. The first-order chi connectivity index (χ1) is 7.26. The molecular weight excluding hydrogens is 188 g/mol. The molecule has 1 aromatic rings. The molecule has 1 fully saturated rings. The van der Waals surface area contributed by atoms with Gasteiger partial charge in [0.15, 0.2) is 0 Å². The van der Waals surface area contributed by atoms with Gasteiger partial charge in [0.2, 0.25) is 0 Å².